The summed E-state index contributed by atoms with van der Waals surface area (Å²) in [4.78, 5) is 0. The largest absolute Gasteiger partial charge is 0.504 e. The van der Waals surface area contributed by atoms with Crippen LogP contribution >= 0.6 is 0 Å². The lowest BCUT2D eigenvalue weighted by Crippen LogP contribution is -2.62. The molecule has 0 radical (unpaired) electrons. The molecule has 5 heteroatoms. The Hall–Kier alpha value is -2.24. The maximum absolute atomic E-state index is 11.6. The Morgan fingerprint density at radius 2 is 1.71 bits per heavy atom. The van der Waals surface area contributed by atoms with Crippen molar-refractivity contribution in [1.29, 1.82) is 0 Å². The first-order valence-corrected chi connectivity index (χ1v) is 9.94. The molecule has 2 aromatic rings. The van der Waals surface area contributed by atoms with Gasteiger partial charge in [0.1, 0.15) is 5.60 Å². The molecule has 0 bridgehead atoms. The van der Waals surface area contributed by atoms with Crippen LogP contribution in [0.1, 0.15) is 56.2 Å². The summed E-state index contributed by atoms with van der Waals surface area (Å²) < 4.78 is 0. The highest BCUT2D eigenvalue weighted by atomic mass is 16.4. The van der Waals surface area contributed by atoms with Gasteiger partial charge >= 0.3 is 0 Å². The smallest absolute Gasteiger partial charge is 0.200 e. The third-order valence-electron chi connectivity index (χ3n) is 7.39. The monoisotopic (exact) mass is 384 g/mol. The second-order valence-corrected chi connectivity index (χ2v) is 8.75. The van der Waals surface area contributed by atoms with Crippen LogP contribution in [-0.4, -0.2) is 31.1 Å². The molecule has 28 heavy (non-hydrogen) atoms. The lowest BCUT2D eigenvalue weighted by molar-refractivity contribution is -0.205. The van der Waals surface area contributed by atoms with Crippen LogP contribution in [0.25, 0.3) is 0 Å². The molecule has 0 heterocycles. The number of phenols is 3. The molecular weight excluding hydrogens is 356 g/mol. The van der Waals surface area contributed by atoms with Gasteiger partial charge in [0.05, 0.1) is 5.60 Å². The van der Waals surface area contributed by atoms with Crippen molar-refractivity contribution < 1.29 is 25.5 Å². The minimum Gasteiger partial charge on any atom is -0.504 e. The molecule has 4 rings (SSSR count). The molecule has 0 spiro atoms. The normalized spacial score (nSPS) is 34.5. The van der Waals surface area contributed by atoms with Gasteiger partial charge in [0.15, 0.2) is 11.5 Å². The number of phenolic OH excluding ortho intramolecular Hbond substituents is 3. The van der Waals surface area contributed by atoms with Crippen molar-refractivity contribution in [1.82, 2.24) is 0 Å². The summed E-state index contributed by atoms with van der Waals surface area (Å²) in [5, 5.41) is 53.6. The van der Waals surface area contributed by atoms with Crippen LogP contribution in [0.5, 0.6) is 17.2 Å². The van der Waals surface area contributed by atoms with Crippen LogP contribution in [-0.2, 0) is 17.4 Å². The van der Waals surface area contributed by atoms with Crippen molar-refractivity contribution in [2.24, 2.45) is 5.92 Å². The van der Waals surface area contributed by atoms with Crippen LogP contribution in [0, 0.1) is 5.92 Å². The van der Waals surface area contributed by atoms with Crippen LogP contribution in [0.3, 0.4) is 0 Å². The van der Waals surface area contributed by atoms with E-state index in [4.69, 9.17) is 0 Å². The summed E-state index contributed by atoms with van der Waals surface area (Å²) in [6.07, 6.45) is 2.65. The number of benzene rings is 2. The lowest BCUT2D eigenvalue weighted by atomic mass is 9.48. The minimum atomic E-state index is -1.40. The molecule has 2 aromatic carbocycles. The van der Waals surface area contributed by atoms with Crippen molar-refractivity contribution in [3.05, 3.63) is 53.1 Å². The first kappa shape index (κ1) is 19.1. The molecule has 0 aromatic heterocycles. The van der Waals surface area contributed by atoms with Gasteiger partial charge < -0.3 is 25.5 Å². The Kier molecular flexibility index (Phi) is 4.18. The Balaban J connectivity index is 1.88. The van der Waals surface area contributed by atoms with Crippen molar-refractivity contribution in [3.8, 4) is 17.2 Å². The third-order valence-corrected chi connectivity index (χ3v) is 7.39. The highest BCUT2D eigenvalue weighted by molar-refractivity contribution is 5.60. The van der Waals surface area contributed by atoms with E-state index in [-0.39, 0.29) is 17.4 Å². The quantitative estimate of drug-likeness (QED) is 0.511. The Bertz CT molecular complexity index is 907. The molecule has 150 valence electrons. The Morgan fingerprint density at radius 3 is 2.36 bits per heavy atom. The van der Waals surface area contributed by atoms with Gasteiger partial charge in [0.2, 0.25) is 5.75 Å². The summed E-state index contributed by atoms with van der Waals surface area (Å²) in [6, 6.07) is 10.8. The van der Waals surface area contributed by atoms with Crippen LogP contribution in [0.2, 0.25) is 0 Å². The molecule has 5 N–H and O–H groups in total. The molecular formula is C23H28O5. The zero-order valence-electron chi connectivity index (χ0n) is 16.3. The molecule has 2 aliphatic carbocycles. The highest BCUT2D eigenvalue weighted by Crippen LogP contribution is 2.61. The molecule has 4 atom stereocenters. The van der Waals surface area contributed by atoms with Gasteiger partial charge in [-0.1, -0.05) is 37.3 Å². The van der Waals surface area contributed by atoms with E-state index in [0.717, 1.165) is 12.0 Å². The number of rotatable bonds is 2. The number of hydrogen-bond donors (Lipinski definition) is 5. The van der Waals surface area contributed by atoms with E-state index in [1.165, 1.54) is 6.07 Å². The molecule has 1 fully saturated rings. The van der Waals surface area contributed by atoms with Gasteiger partial charge in [-0.2, -0.15) is 0 Å². The zero-order valence-corrected chi connectivity index (χ0v) is 16.3. The fraction of sp³-hybridized carbons (Fsp3) is 0.478. The maximum Gasteiger partial charge on any atom is 0.200 e. The predicted octanol–water partition coefficient (Wildman–Crippen LogP) is 3.45. The van der Waals surface area contributed by atoms with Gasteiger partial charge in [-0.3, -0.25) is 0 Å². The van der Waals surface area contributed by atoms with E-state index in [2.05, 4.69) is 0 Å². The predicted molar refractivity (Wildman–Crippen MR) is 105 cm³/mol. The van der Waals surface area contributed by atoms with Gasteiger partial charge in [0.25, 0.3) is 0 Å². The standard InChI is InChI=1S/C23H28O5/c1-3-22-13-21(2,27)23(28,14-7-5-4-6-8-14)12-15(22)9-10-16-17(22)11-18(24)20(26)19(16)25/h4-8,11,15,24-28H,3,9-10,12-13H2,1-2H3/t15-,21-,22-,23-/m1/s1. The van der Waals surface area contributed by atoms with Gasteiger partial charge in [0, 0.05) is 11.0 Å². The van der Waals surface area contributed by atoms with Crippen LogP contribution < -0.4 is 0 Å². The summed E-state index contributed by atoms with van der Waals surface area (Å²) in [6.45, 7) is 3.70. The Morgan fingerprint density at radius 1 is 1.04 bits per heavy atom. The summed E-state index contributed by atoms with van der Waals surface area (Å²) in [5.74, 6) is -1.05. The molecule has 0 saturated heterocycles. The molecule has 0 amide bonds. The van der Waals surface area contributed by atoms with E-state index in [9.17, 15) is 25.5 Å². The van der Waals surface area contributed by atoms with E-state index in [0.29, 0.717) is 36.8 Å². The lowest BCUT2D eigenvalue weighted by Gasteiger charge is -2.59. The summed E-state index contributed by atoms with van der Waals surface area (Å²) in [5.41, 5.74) is -1.18. The van der Waals surface area contributed by atoms with E-state index >= 15 is 0 Å². The van der Waals surface area contributed by atoms with Crippen molar-refractivity contribution in [3.63, 3.8) is 0 Å². The molecule has 2 aliphatic rings. The fourth-order valence-corrected chi connectivity index (χ4v) is 5.82. The van der Waals surface area contributed by atoms with Crippen molar-refractivity contribution >= 4 is 0 Å². The summed E-state index contributed by atoms with van der Waals surface area (Å²) in [7, 11) is 0. The highest BCUT2D eigenvalue weighted by Gasteiger charge is 2.61. The van der Waals surface area contributed by atoms with Crippen LogP contribution in [0.15, 0.2) is 36.4 Å². The van der Waals surface area contributed by atoms with E-state index in [1.807, 2.05) is 37.3 Å². The van der Waals surface area contributed by atoms with Gasteiger partial charge in [-0.15, -0.1) is 0 Å². The van der Waals surface area contributed by atoms with Crippen LogP contribution in [0.4, 0.5) is 0 Å². The Labute approximate surface area is 164 Å². The first-order chi connectivity index (χ1) is 13.2. The summed E-state index contributed by atoms with van der Waals surface area (Å²) >= 11 is 0. The number of aromatic hydroxyl groups is 3. The maximum atomic E-state index is 11.6. The van der Waals surface area contributed by atoms with E-state index in [1.54, 1.807) is 6.92 Å². The number of aliphatic hydroxyl groups is 2. The topological polar surface area (TPSA) is 101 Å². The second-order valence-electron chi connectivity index (χ2n) is 8.75. The molecule has 1 saturated carbocycles. The average molecular weight is 384 g/mol. The SMILES string of the molecule is CC[C@@]12C[C@@](C)(O)[C@](O)(c3ccccc3)C[C@H]1CCc1c2cc(O)c(O)c1O. The zero-order chi connectivity index (χ0) is 20.3. The molecule has 0 unspecified atom stereocenters. The average Bonchev–Trinajstić information content (AvgIpc) is 2.68. The first-order valence-electron chi connectivity index (χ1n) is 9.94. The second kappa shape index (κ2) is 6.13. The molecule has 0 aliphatic heterocycles. The molecule has 5 nitrogen and oxygen atoms in total. The number of fused-ring (bicyclic) bond motifs is 3. The van der Waals surface area contributed by atoms with Crippen molar-refractivity contribution in [2.75, 3.05) is 0 Å². The van der Waals surface area contributed by atoms with E-state index < -0.39 is 22.4 Å². The number of hydrogen-bond acceptors (Lipinski definition) is 5. The fourth-order valence-electron chi connectivity index (χ4n) is 5.82. The minimum absolute atomic E-state index is 0.0683. The van der Waals surface area contributed by atoms with Gasteiger partial charge in [-0.25, -0.2) is 0 Å². The third kappa shape index (κ3) is 2.39. The van der Waals surface area contributed by atoms with Crippen molar-refractivity contribution in [2.45, 2.75) is 62.6 Å². The van der Waals surface area contributed by atoms with Gasteiger partial charge in [-0.05, 0) is 62.1 Å².